The molecule has 0 aliphatic carbocycles. The molecule has 0 unspecified atom stereocenters. The molecule has 0 atom stereocenters. The van der Waals surface area contributed by atoms with Crippen LogP contribution >= 0.6 is 0 Å². The fraction of sp³-hybridized carbons (Fsp3) is 0.370. The maximum Gasteiger partial charge on any atom is 0.253 e. The van der Waals surface area contributed by atoms with Crippen molar-refractivity contribution in [1.29, 1.82) is 0 Å². The molecule has 1 fully saturated rings. The quantitative estimate of drug-likeness (QED) is 0.598. The van der Waals surface area contributed by atoms with Crippen molar-refractivity contribution < 1.29 is 9.53 Å². The molecule has 1 amide bonds. The van der Waals surface area contributed by atoms with E-state index >= 15 is 0 Å². The predicted molar refractivity (Wildman–Crippen MR) is 128 cm³/mol. The van der Waals surface area contributed by atoms with E-state index in [1.165, 1.54) is 11.3 Å². The van der Waals surface area contributed by atoms with Gasteiger partial charge in [-0.3, -0.25) is 4.79 Å². The van der Waals surface area contributed by atoms with Gasteiger partial charge in [-0.1, -0.05) is 32.9 Å². The number of nitrogens with zero attached hydrogens (tertiary/aromatic N) is 2. The van der Waals surface area contributed by atoms with Crippen molar-refractivity contribution in [3.63, 3.8) is 0 Å². The highest BCUT2D eigenvalue weighted by Gasteiger charge is 2.42. The van der Waals surface area contributed by atoms with Gasteiger partial charge in [0.05, 0.1) is 24.0 Å². The molecule has 32 heavy (non-hydrogen) atoms. The minimum Gasteiger partial charge on any atom is -0.497 e. The van der Waals surface area contributed by atoms with Crippen LogP contribution in [0.3, 0.4) is 0 Å². The third kappa shape index (κ3) is 3.36. The highest BCUT2D eigenvalue weighted by atomic mass is 16.5. The molecule has 1 aromatic heterocycles. The van der Waals surface area contributed by atoms with Gasteiger partial charge in [0.15, 0.2) is 0 Å². The summed E-state index contributed by atoms with van der Waals surface area (Å²) in [6.45, 7) is 8.01. The summed E-state index contributed by atoms with van der Waals surface area (Å²) in [4.78, 5) is 15.2. The number of anilines is 1. The summed E-state index contributed by atoms with van der Waals surface area (Å²) in [7, 11) is 1.69. The first-order chi connectivity index (χ1) is 15.3. The SMILES string of the molecule is COc1ccc2c(c1)NC1(CCN(C(=O)c3ccc(C(C)(C)C)cc3)CC1)c1cccn1-2. The van der Waals surface area contributed by atoms with Crippen LogP contribution in [0.4, 0.5) is 5.69 Å². The fourth-order valence-electron chi connectivity index (χ4n) is 5.02. The van der Waals surface area contributed by atoms with Crippen LogP contribution in [0.2, 0.25) is 0 Å². The molecule has 0 radical (unpaired) electrons. The Morgan fingerprint density at radius 2 is 1.75 bits per heavy atom. The zero-order chi connectivity index (χ0) is 22.5. The number of nitrogens with one attached hydrogen (secondary N) is 1. The second kappa shape index (κ2) is 7.44. The minimum atomic E-state index is -0.185. The molecule has 2 aliphatic heterocycles. The number of hydrogen-bond acceptors (Lipinski definition) is 3. The largest absolute Gasteiger partial charge is 0.497 e. The summed E-state index contributed by atoms with van der Waals surface area (Å²) in [5, 5.41) is 3.81. The Hall–Kier alpha value is -3.21. The average molecular weight is 430 g/mol. The summed E-state index contributed by atoms with van der Waals surface area (Å²) in [6, 6.07) is 18.6. The molecule has 3 aromatic rings. The number of methoxy groups -OCH3 is 1. The van der Waals surface area contributed by atoms with Gasteiger partial charge in [-0.2, -0.15) is 0 Å². The third-order valence-corrected chi connectivity index (χ3v) is 6.98. The summed E-state index contributed by atoms with van der Waals surface area (Å²) in [5.41, 5.74) is 5.38. The molecule has 2 aromatic carbocycles. The standard InChI is InChI=1S/C27H31N3O2/c1-26(2,3)20-9-7-19(8-10-20)25(31)29-16-13-27(14-17-29)24-6-5-15-30(24)23-12-11-21(32-4)18-22(23)28-27/h5-12,15,18,28H,13-14,16-17H2,1-4H3. The average Bonchev–Trinajstić information content (AvgIpc) is 3.30. The topological polar surface area (TPSA) is 46.5 Å². The molecule has 5 rings (SSSR count). The molecule has 166 valence electrons. The van der Waals surface area contributed by atoms with Gasteiger partial charge in [-0.15, -0.1) is 0 Å². The fourth-order valence-corrected chi connectivity index (χ4v) is 5.02. The summed E-state index contributed by atoms with van der Waals surface area (Å²) in [5.74, 6) is 0.960. The van der Waals surface area contributed by atoms with Gasteiger partial charge in [-0.25, -0.2) is 0 Å². The zero-order valence-corrected chi connectivity index (χ0v) is 19.3. The Morgan fingerprint density at radius 3 is 2.41 bits per heavy atom. The van der Waals surface area contributed by atoms with E-state index < -0.39 is 0 Å². The monoisotopic (exact) mass is 429 g/mol. The van der Waals surface area contributed by atoms with E-state index in [1.807, 2.05) is 23.1 Å². The highest BCUT2D eigenvalue weighted by Crippen LogP contribution is 2.44. The van der Waals surface area contributed by atoms with Gasteiger partial charge >= 0.3 is 0 Å². The normalized spacial score (nSPS) is 16.8. The first-order valence-electron chi connectivity index (χ1n) is 11.3. The number of hydrogen-bond donors (Lipinski definition) is 1. The Kier molecular flexibility index (Phi) is 4.81. The number of fused-ring (bicyclic) bond motifs is 4. The number of likely N-dealkylation sites (tertiary alicyclic amines) is 1. The van der Waals surface area contributed by atoms with E-state index in [9.17, 15) is 4.79 Å². The van der Waals surface area contributed by atoms with Gasteiger partial charge < -0.3 is 19.5 Å². The van der Waals surface area contributed by atoms with E-state index in [1.54, 1.807) is 7.11 Å². The van der Waals surface area contributed by atoms with Crippen LogP contribution in [0, 0.1) is 0 Å². The number of piperidine rings is 1. The van der Waals surface area contributed by atoms with Crippen molar-refractivity contribution in [1.82, 2.24) is 9.47 Å². The van der Waals surface area contributed by atoms with Crippen molar-refractivity contribution in [2.75, 3.05) is 25.5 Å². The number of amides is 1. The lowest BCUT2D eigenvalue weighted by Gasteiger charge is -2.46. The molecule has 1 saturated heterocycles. The maximum absolute atomic E-state index is 13.2. The molecule has 0 saturated carbocycles. The van der Waals surface area contributed by atoms with Crippen LogP contribution in [0.1, 0.15) is 55.2 Å². The van der Waals surface area contributed by atoms with Crippen LogP contribution in [-0.2, 0) is 11.0 Å². The van der Waals surface area contributed by atoms with E-state index in [4.69, 9.17) is 4.74 Å². The Labute approximate surface area is 190 Å². The van der Waals surface area contributed by atoms with E-state index in [2.05, 4.69) is 73.3 Å². The number of ether oxygens (including phenoxy) is 1. The molecule has 2 aliphatic rings. The molecule has 5 nitrogen and oxygen atoms in total. The number of carbonyl (C=O) groups is 1. The lowest BCUT2D eigenvalue weighted by molar-refractivity contribution is 0.0676. The molecule has 1 N–H and O–H groups in total. The Morgan fingerprint density at radius 1 is 1.03 bits per heavy atom. The summed E-state index contributed by atoms with van der Waals surface area (Å²) >= 11 is 0. The van der Waals surface area contributed by atoms with E-state index in [0.717, 1.165) is 48.6 Å². The van der Waals surface area contributed by atoms with E-state index in [0.29, 0.717) is 0 Å². The second-order valence-electron chi connectivity index (χ2n) is 9.97. The van der Waals surface area contributed by atoms with Crippen LogP contribution in [0.5, 0.6) is 5.75 Å². The van der Waals surface area contributed by atoms with Crippen molar-refractivity contribution in [2.24, 2.45) is 0 Å². The molecule has 0 bridgehead atoms. The molecule has 3 heterocycles. The van der Waals surface area contributed by atoms with Crippen molar-refractivity contribution in [2.45, 2.75) is 44.6 Å². The van der Waals surface area contributed by atoms with Crippen molar-refractivity contribution in [3.8, 4) is 11.4 Å². The number of aromatic nitrogens is 1. The van der Waals surface area contributed by atoms with Crippen LogP contribution in [0.25, 0.3) is 5.69 Å². The van der Waals surface area contributed by atoms with Crippen LogP contribution in [0.15, 0.2) is 60.8 Å². The molecule has 5 heteroatoms. The van der Waals surface area contributed by atoms with Gasteiger partial charge in [0, 0.05) is 36.6 Å². The predicted octanol–water partition coefficient (Wildman–Crippen LogP) is 5.34. The summed E-state index contributed by atoms with van der Waals surface area (Å²) < 4.78 is 7.72. The third-order valence-electron chi connectivity index (χ3n) is 6.98. The molecule has 1 spiro atoms. The second-order valence-corrected chi connectivity index (χ2v) is 9.97. The molecular weight excluding hydrogens is 398 g/mol. The van der Waals surface area contributed by atoms with Crippen molar-refractivity contribution in [3.05, 3.63) is 77.6 Å². The van der Waals surface area contributed by atoms with Gasteiger partial charge in [0.2, 0.25) is 0 Å². The Bertz CT molecular complexity index is 1150. The number of carbonyl (C=O) groups excluding carboxylic acids is 1. The van der Waals surface area contributed by atoms with E-state index in [-0.39, 0.29) is 16.9 Å². The van der Waals surface area contributed by atoms with Gasteiger partial charge in [0.1, 0.15) is 5.75 Å². The number of rotatable bonds is 2. The first kappa shape index (κ1) is 20.7. The van der Waals surface area contributed by atoms with Crippen molar-refractivity contribution >= 4 is 11.6 Å². The summed E-state index contributed by atoms with van der Waals surface area (Å²) in [6.07, 6.45) is 3.84. The lowest BCUT2D eigenvalue weighted by Crippen LogP contribution is -2.51. The van der Waals surface area contributed by atoms with Gasteiger partial charge in [-0.05, 0) is 60.2 Å². The first-order valence-corrected chi connectivity index (χ1v) is 11.3. The minimum absolute atomic E-state index is 0.0830. The highest BCUT2D eigenvalue weighted by molar-refractivity contribution is 5.94. The number of benzene rings is 2. The lowest BCUT2D eigenvalue weighted by atomic mass is 9.82. The van der Waals surface area contributed by atoms with Gasteiger partial charge in [0.25, 0.3) is 5.91 Å². The Balaban J connectivity index is 1.36. The maximum atomic E-state index is 13.2. The van der Waals surface area contributed by atoms with Crippen LogP contribution in [-0.4, -0.2) is 35.6 Å². The smallest absolute Gasteiger partial charge is 0.253 e. The van der Waals surface area contributed by atoms with Crippen LogP contribution < -0.4 is 10.1 Å². The zero-order valence-electron chi connectivity index (χ0n) is 19.3. The molecular formula is C27H31N3O2.